The van der Waals surface area contributed by atoms with Crippen LogP contribution in [0.25, 0.3) is 0 Å². The molecule has 0 unspecified atom stereocenters. The van der Waals surface area contributed by atoms with E-state index < -0.39 is 16.4 Å². The fraction of sp³-hybridized carbons (Fsp3) is 0.812. The van der Waals surface area contributed by atoms with E-state index in [1.165, 1.54) is 7.11 Å². The van der Waals surface area contributed by atoms with Crippen molar-refractivity contribution < 1.29 is 14.0 Å². The van der Waals surface area contributed by atoms with Gasteiger partial charge in [0, 0.05) is 6.42 Å². The predicted molar refractivity (Wildman–Crippen MR) is 94.4 cm³/mol. The Labute approximate surface area is 132 Å². The molecule has 21 heavy (non-hydrogen) atoms. The van der Waals surface area contributed by atoms with Crippen molar-refractivity contribution >= 4 is 22.4 Å². The zero-order valence-electron chi connectivity index (χ0n) is 15.2. The lowest BCUT2D eigenvalue weighted by Gasteiger charge is -2.38. The van der Waals surface area contributed by atoms with Crippen LogP contribution in [0.2, 0.25) is 37.8 Å². The monoisotopic (exact) mass is 328 g/mol. The van der Waals surface area contributed by atoms with Crippen molar-refractivity contribution in [3.05, 3.63) is 0 Å². The van der Waals surface area contributed by atoms with Gasteiger partial charge in [-0.25, -0.2) is 0 Å². The van der Waals surface area contributed by atoms with Gasteiger partial charge in [0.05, 0.1) is 7.11 Å². The average Bonchev–Trinajstić information content (AvgIpc) is 2.29. The highest BCUT2D eigenvalue weighted by molar-refractivity contribution is 6.83. The molecule has 0 radical (unpaired) electrons. The van der Waals surface area contributed by atoms with Gasteiger partial charge in [-0.2, -0.15) is 0 Å². The molecule has 0 aliphatic rings. The summed E-state index contributed by atoms with van der Waals surface area (Å²) in [6.45, 7) is 17.7. The third-order valence-electron chi connectivity index (χ3n) is 3.69. The third kappa shape index (κ3) is 8.45. The molecule has 0 saturated carbocycles. The first-order chi connectivity index (χ1) is 9.28. The number of ether oxygens (including phenoxy) is 1. The summed E-state index contributed by atoms with van der Waals surface area (Å²) in [5.41, 5.74) is 3.37. The molecule has 122 valence electrons. The van der Waals surface area contributed by atoms with Crippen LogP contribution in [-0.2, 0) is 14.0 Å². The van der Waals surface area contributed by atoms with Gasteiger partial charge in [0.15, 0.2) is 8.32 Å². The van der Waals surface area contributed by atoms with E-state index in [0.717, 1.165) is 0 Å². The first-order valence-electron chi connectivity index (χ1n) is 7.56. The molecule has 1 atom stereocenters. The summed E-state index contributed by atoms with van der Waals surface area (Å²) in [6, 6.07) is 0. The molecule has 0 aliphatic heterocycles. The van der Waals surface area contributed by atoms with E-state index in [0.29, 0.717) is 12.8 Å². The van der Waals surface area contributed by atoms with Crippen molar-refractivity contribution in [2.24, 2.45) is 0 Å². The molecule has 0 fully saturated rings. The number of carbonyl (C=O) groups excluding carboxylic acids is 1. The van der Waals surface area contributed by atoms with Gasteiger partial charge >= 0.3 is 5.97 Å². The summed E-state index contributed by atoms with van der Waals surface area (Å²) in [5.74, 6) is 3.08. The largest absolute Gasteiger partial charge is 0.469 e. The Morgan fingerprint density at radius 3 is 2.05 bits per heavy atom. The molecular weight excluding hydrogens is 296 g/mol. The summed E-state index contributed by atoms with van der Waals surface area (Å²) in [4.78, 5) is 11.4. The minimum Gasteiger partial charge on any atom is -0.469 e. The van der Waals surface area contributed by atoms with E-state index >= 15 is 0 Å². The molecule has 3 nitrogen and oxygen atoms in total. The van der Waals surface area contributed by atoms with Gasteiger partial charge in [-0.3, -0.25) is 4.79 Å². The summed E-state index contributed by atoms with van der Waals surface area (Å²) >= 11 is 0. The maximum absolute atomic E-state index is 11.4. The smallest absolute Gasteiger partial charge is 0.305 e. The normalized spacial score (nSPS) is 14.1. The van der Waals surface area contributed by atoms with Gasteiger partial charge in [-0.15, -0.1) is 5.54 Å². The maximum Gasteiger partial charge on any atom is 0.305 e. The second-order valence-corrected chi connectivity index (χ2v) is 17.5. The molecule has 0 bridgehead atoms. The lowest BCUT2D eigenvalue weighted by molar-refractivity contribution is -0.141. The van der Waals surface area contributed by atoms with Gasteiger partial charge in [0.25, 0.3) is 0 Å². The van der Waals surface area contributed by atoms with Crippen molar-refractivity contribution in [3.8, 4) is 11.5 Å². The van der Waals surface area contributed by atoms with E-state index in [1.54, 1.807) is 0 Å². The highest BCUT2D eigenvalue weighted by atomic mass is 28.4. The summed E-state index contributed by atoms with van der Waals surface area (Å²) in [7, 11) is -1.92. The lowest BCUT2D eigenvalue weighted by atomic mass is 10.2. The molecule has 0 aromatic heterocycles. The van der Waals surface area contributed by atoms with Gasteiger partial charge in [0.2, 0.25) is 0 Å². The quantitative estimate of drug-likeness (QED) is 0.431. The highest BCUT2D eigenvalue weighted by Gasteiger charge is 2.39. The Morgan fingerprint density at radius 1 is 1.14 bits per heavy atom. The zero-order chi connectivity index (χ0) is 16.9. The van der Waals surface area contributed by atoms with E-state index in [9.17, 15) is 4.79 Å². The summed E-state index contributed by atoms with van der Waals surface area (Å²) in [5, 5.41) is 0.136. The van der Waals surface area contributed by atoms with Crippen LogP contribution in [0.4, 0.5) is 0 Å². The molecule has 0 N–H and O–H groups in total. The Morgan fingerprint density at radius 2 is 1.67 bits per heavy atom. The zero-order valence-corrected chi connectivity index (χ0v) is 17.2. The number of rotatable bonds is 5. The molecule has 0 aromatic rings. The van der Waals surface area contributed by atoms with Crippen molar-refractivity contribution in [2.75, 3.05) is 7.11 Å². The van der Waals surface area contributed by atoms with Crippen LogP contribution in [0.1, 0.15) is 33.6 Å². The second kappa shape index (κ2) is 7.62. The number of hydrogen-bond acceptors (Lipinski definition) is 3. The molecule has 0 aromatic carbocycles. The second-order valence-electron chi connectivity index (χ2n) is 8.00. The first kappa shape index (κ1) is 20.4. The molecule has 0 aliphatic carbocycles. The fourth-order valence-corrected chi connectivity index (χ4v) is 3.18. The average molecular weight is 329 g/mol. The number of carbonyl (C=O) groups is 1. The Bertz CT molecular complexity index is 406. The SMILES string of the molecule is COC(=O)CC[C@@H](C#C[Si](C)(C)C)O[Si](C)(C)C(C)(C)C. The van der Waals surface area contributed by atoms with Gasteiger partial charge < -0.3 is 9.16 Å². The molecule has 0 saturated heterocycles. The third-order valence-corrected chi connectivity index (χ3v) is 9.07. The predicted octanol–water partition coefficient (Wildman–Crippen LogP) is 4.21. The van der Waals surface area contributed by atoms with Crippen LogP contribution in [0.5, 0.6) is 0 Å². The van der Waals surface area contributed by atoms with Crippen molar-refractivity contribution in [3.63, 3.8) is 0 Å². The van der Waals surface area contributed by atoms with Crippen LogP contribution in [0.3, 0.4) is 0 Å². The topological polar surface area (TPSA) is 35.5 Å². The first-order valence-corrected chi connectivity index (χ1v) is 14.0. The number of esters is 1. The lowest BCUT2D eigenvalue weighted by Crippen LogP contribution is -2.43. The molecular formula is C16H32O3Si2. The minimum atomic E-state index is -1.89. The fourth-order valence-electron chi connectivity index (χ4n) is 1.34. The van der Waals surface area contributed by atoms with Gasteiger partial charge in [-0.05, 0) is 24.6 Å². The van der Waals surface area contributed by atoms with Crippen LogP contribution in [0.15, 0.2) is 0 Å². The highest BCUT2D eigenvalue weighted by Crippen LogP contribution is 2.37. The molecule has 5 heteroatoms. The maximum atomic E-state index is 11.4. The summed E-state index contributed by atoms with van der Waals surface area (Å²) in [6.07, 6.45) is 0.795. The van der Waals surface area contributed by atoms with Gasteiger partial charge in [-0.1, -0.05) is 46.3 Å². The van der Waals surface area contributed by atoms with Crippen LogP contribution in [0, 0.1) is 11.5 Å². The van der Waals surface area contributed by atoms with Gasteiger partial charge in [0.1, 0.15) is 14.2 Å². The molecule has 0 heterocycles. The van der Waals surface area contributed by atoms with E-state index in [-0.39, 0.29) is 17.1 Å². The van der Waals surface area contributed by atoms with Crippen LogP contribution < -0.4 is 0 Å². The van der Waals surface area contributed by atoms with Crippen molar-refractivity contribution in [1.82, 2.24) is 0 Å². The van der Waals surface area contributed by atoms with Crippen molar-refractivity contribution in [2.45, 2.75) is 77.5 Å². The molecule has 0 amide bonds. The minimum absolute atomic E-state index is 0.136. The standard InChI is InChI=1S/C16H32O3Si2/c1-16(2,3)21(8,9)19-14(10-11-15(17)18-4)12-13-20(5,6)7/h14H,10-11H2,1-9H3/t14-/m0/s1. The molecule has 0 rings (SSSR count). The summed E-state index contributed by atoms with van der Waals surface area (Å²) < 4.78 is 11.1. The van der Waals surface area contributed by atoms with E-state index in [2.05, 4.69) is 65.0 Å². The Balaban J connectivity index is 5.04. The number of hydrogen-bond donors (Lipinski definition) is 0. The van der Waals surface area contributed by atoms with E-state index in [1.807, 2.05) is 0 Å². The van der Waals surface area contributed by atoms with Crippen molar-refractivity contribution in [1.29, 1.82) is 0 Å². The van der Waals surface area contributed by atoms with E-state index in [4.69, 9.17) is 9.16 Å². The Hall–Kier alpha value is -0.576. The molecule has 0 spiro atoms. The van der Waals surface area contributed by atoms with Crippen LogP contribution >= 0.6 is 0 Å². The van der Waals surface area contributed by atoms with Crippen LogP contribution in [-0.4, -0.2) is 35.6 Å². The Kier molecular flexibility index (Phi) is 7.41. The number of methoxy groups -OCH3 is 1.